The zero-order valence-electron chi connectivity index (χ0n) is 8.83. The fraction of sp³-hybridized carbons (Fsp3) is 0.0909. The molecule has 0 fully saturated rings. The maximum Gasteiger partial charge on any atom is 0.176 e. The molecule has 3 aromatic heterocycles. The molecule has 0 saturated carbocycles. The summed E-state index contributed by atoms with van der Waals surface area (Å²) in [7, 11) is 1.98. The average molecular weight is 213 g/mol. The Morgan fingerprint density at radius 1 is 1.31 bits per heavy atom. The predicted molar refractivity (Wildman–Crippen MR) is 61.8 cm³/mol. The molecule has 2 N–H and O–H groups in total. The van der Waals surface area contributed by atoms with Crippen molar-refractivity contribution in [3.8, 4) is 11.4 Å². The van der Waals surface area contributed by atoms with Crippen LogP contribution in [0.3, 0.4) is 0 Å². The lowest BCUT2D eigenvalue weighted by Crippen LogP contribution is -2.00. The number of aryl methyl sites for hydroxylation is 1. The van der Waals surface area contributed by atoms with E-state index in [1.807, 2.05) is 36.0 Å². The monoisotopic (exact) mass is 213 g/mol. The van der Waals surface area contributed by atoms with Gasteiger partial charge in [-0.1, -0.05) is 0 Å². The van der Waals surface area contributed by atoms with Gasteiger partial charge in [0.1, 0.15) is 5.69 Å². The average Bonchev–Trinajstić information content (AvgIpc) is 2.85. The van der Waals surface area contributed by atoms with Gasteiger partial charge in [0, 0.05) is 25.6 Å². The Morgan fingerprint density at radius 2 is 2.19 bits per heavy atom. The van der Waals surface area contributed by atoms with Gasteiger partial charge in [-0.05, 0) is 18.2 Å². The lowest BCUT2D eigenvalue weighted by atomic mass is 10.3. The third-order valence-corrected chi connectivity index (χ3v) is 2.59. The molecule has 3 rings (SSSR count). The lowest BCUT2D eigenvalue weighted by molar-refractivity contribution is 0.896. The topological polar surface area (TPSA) is 61.1 Å². The van der Waals surface area contributed by atoms with Crippen LogP contribution in [0.1, 0.15) is 0 Å². The maximum atomic E-state index is 5.93. The van der Waals surface area contributed by atoms with Crippen molar-refractivity contribution in [2.75, 3.05) is 5.73 Å². The Balaban J connectivity index is 2.29. The Labute approximate surface area is 92.1 Å². The van der Waals surface area contributed by atoms with Crippen LogP contribution in [0.15, 0.2) is 36.8 Å². The van der Waals surface area contributed by atoms with Crippen molar-refractivity contribution in [2.45, 2.75) is 0 Å². The molecule has 0 aliphatic heterocycles. The van der Waals surface area contributed by atoms with Crippen LogP contribution in [0.2, 0.25) is 0 Å². The number of nitrogens with zero attached hydrogens (tertiary/aromatic N) is 4. The fourth-order valence-corrected chi connectivity index (χ4v) is 1.79. The zero-order chi connectivity index (χ0) is 11.1. The van der Waals surface area contributed by atoms with Crippen molar-refractivity contribution in [2.24, 2.45) is 7.05 Å². The van der Waals surface area contributed by atoms with Gasteiger partial charge in [0.15, 0.2) is 5.65 Å². The number of aromatic nitrogens is 4. The molecule has 0 aliphatic rings. The Hall–Kier alpha value is -2.30. The zero-order valence-corrected chi connectivity index (χ0v) is 8.83. The van der Waals surface area contributed by atoms with E-state index >= 15 is 0 Å². The van der Waals surface area contributed by atoms with Crippen LogP contribution in [0.25, 0.3) is 17.0 Å². The summed E-state index contributed by atoms with van der Waals surface area (Å²) < 4.78 is 3.70. The van der Waals surface area contributed by atoms with Crippen LogP contribution in [0, 0.1) is 0 Å². The fourth-order valence-electron chi connectivity index (χ4n) is 1.79. The van der Waals surface area contributed by atoms with Crippen molar-refractivity contribution >= 4 is 11.3 Å². The molecule has 5 heteroatoms. The molecule has 0 bridgehead atoms. The van der Waals surface area contributed by atoms with Crippen molar-refractivity contribution < 1.29 is 0 Å². The molecule has 0 spiro atoms. The molecule has 5 nitrogen and oxygen atoms in total. The Bertz CT molecular complexity index is 649. The van der Waals surface area contributed by atoms with Gasteiger partial charge in [-0.15, -0.1) is 0 Å². The SMILES string of the molecule is Cn1cccc1-c1cc(N)c2nccn2n1. The van der Waals surface area contributed by atoms with E-state index in [4.69, 9.17) is 5.73 Å². The highest BCUT2D eigenvalue weighted by molar-refractivity contribution is 5.70. The number of nitrogens with two attached hydrogens (primary N) is 1. The number of rotatable bonds is 1. The second-order valence-corrected chi connectivity index (χ2v) is 3.68. The van der Waals surface area contributed by atoms with Crippen molar-refractivity contribution in [3.05, 3.63) is 36.8 Å². The highest BCUT2D eigenvalue weighted by Gasteiger charge is 2.07. The lowest BCUT2D eigenvalue weighted by Gasteiger charge is -2.05. The second kappa shape index (κ2) is 3.10. The van der Waals surface area contributed by atoms with Gasteiger partial charge in [0.25, 0.3) is 0 Å². The van der Waals surface area contributed by atoms with Crippen LogP contribution in [0.4, 0.5) is 5.69 Å². The number of fused-ring (bicyclic) bond motifs is 1. The molecule has 0 unspecified atom stereocenters. The van der Waals surface area contributed by atoms with Gasteiger partial charge < -0.3 is 10.3 Å². The molecule has 0 atom stereocenters. The summed E-state index contributed by atoms with van der Waals surface area (Å²) in [5, 5.41) is 4.45. The number of hydrogen-bond donors (Lipinski definition) is 1. The Morgan fingerprint density at radius 3 is 2.94 bits per heavy atom. The molecule has 0 amide bonds. The number of nitrogen functional groups attached to an aromatic ring is 1. The van der Waals surface area contributed by atoms with E-state index in [9.17, 15) is 0 Å². The first-order valence-electron chi connectivity index (χ1n) is 4.97. The summed E-state index contributed by atoms with van der Waals surface area (Å²) >= 11 is 0. The van der Waals surface area contributed by atoms with E-state index < -0.39 is 0 Å². The van der Waals surface area contributed by atoms with E-state index in [0.717, 1.165) is 11.4 Å². The summed E-state index contributed by atoms with van der Waals surface area (Å²) in [4.78, 5) is 4.13. The van der Waals surface area contributed by atoms with Gasteiger partial charge in [0.2, 0.25) is 0 Å². The minimum absolute atomic E-state index is 0.635. The molecular formula is C11H11N5. The molecule has 3 heterocycles. The van der Waals surface area contributed by atoms with Crippen molar-refractivity contribution in [1.82, 2.24) is 19.2 Å². The normalized spacial score (nSPS) is 11.1. The molecule has 80 valence electrons. The highest BCUT2D eigenvalue weighted by atomic mass is 15.3. The third-order valence-electron chi connectivity index (χ3n) is 2.59. The van der Waals surface area contributed by atoms with E-state index in [1.165, 1.54) is 0 Å². The summed E-state index contributed by atoms with van der Waals surface area (Å²) in [5.74, 6) is 0. The van der Waals surface area contributed by atoms with E-state index in [1.54, 1.807) is 16.9 Å². The minimum atomic E-state index is 0.635. The first-order chi connectivity index (χ1) is 7.75. The molecule has 0 saturated heterocycles. The summed E-state index contributed by atoms with van der Waals surface area (Å²) in [6.07, 6.45) is 5.46. The standard InChI is InChI=1S/C11H11N5/c1-15-5-2-3-10(15)9-7-8(12)11-13-4-6-16(11)14-9/h2-7H,12H2,1H3. The van der Waals surface area contributed by atoms with E-state index in [0.29, 0.717) is 11.3 Å². The van der Waals surface area contributed by atoms with Crippen LogP contribution < -0.4 is 5.73 Å². The second-order valence-electron chi connectivity index (χ2n) is 3.68. The molecular weight excluding hydrogens is 202 g/mol. The van der Waals surface area contributed by atoms with Crippen LogP contribution in [-0.4, -0.2) is 19.2 Å². The largest absolute Gasteiger partial charge is 0.396 e. The first-order valence-corrected chi connectivity index (χ1v) is 4.97. The van der Waals surface area contributed by atoms with Gasteiger partial charge in [-0.25, -0.2) is 9.50 Å². The molecule has 0 aromatic carbocycles. The molecule has 3 aromatic rings. The number of imidazole rings is 1. The smallest absolute Gasteiger partial charge is 0.176 e. The Kier molecular flexibility index (Phi) is 1.73. The number of hydrogen-bond acceptors (Lipinski definition) is 3. The number of anilines is 1. The van der Waals surface area contributed by atoms with Crippen molar-refractivity contribution in [3.63, 3.8) is 0 Å². The van der Waals surface area contributed by atoms with Gasteiger partial charge in [0.05, 0.1) is 11.4 Å². The minimum Gasteiger partial charge on any atom is -0.396 e. The van der Waals surface area contributed by atoms with Crippen molar-refractivity contribution in [1.29, 1.82) is 0 Å². The van der Waals surface area contributed by atoms with Crippen LogP contribution in [0.5, 0.6) is 0 Å². The highest BCUT2D eigenvalue weighted by Crippen LogP contribution is 2.21. The van der Waals surface area contributed by atoms with Crippen LogP contribution in [-0.2, 0) is 7.05 Å². The van der Waals surface area contributed by atoms with Gasteiger partial charge in [-0.3, -0.25) is 0 Å². The quantitative estimate of drug-likeness (QED) is 0.663. The summed E-state index contributed by atoms with van der Waals surface area (Å²) in [5.41, 5.74) is 9.13. The van der Waals surface area contributed by atoms with Gasteiger partial charge in [-0.2, -0.15) is 5.10 Å². The summed E-state index contributed by atoms with van der Waals surface area (Å²) in [6.45, 7) is 0. The molecule has 0 radical (unpaired) electrons. The molecule has 16 heavy (non-hydrogen) atoms. The third kappa shape index (κ3) is 1.18. The van der Waals surface area contributed by atoms with Crippen LogP contribution >= 0.6 is 0 Å². The summed E-state index contributed by atoms with van der Waals surface area (Å²) in [6, 6.07) is 5.83. The molecule has 0 aliphatic carbocycles. The van der Waals surface area contributed by atoms with Gasteiger partial charge >= 0.3 is 0 Å². The predicted octanol–water partition coefficient (Wildman–Crippen LogP) is 1.32. The van der Waals surface area contributed by atoms with E-state index in [-0.39, 0.29) is 0 Å². The van der Waals surface area contributed by atoms with E-state index in [2.05, 4.69) is 10.1 Å². The first kappa shape index (κ1) is 8.96. The maximum absolute atomic E-state index is 5.93.